The van der Waals surface area contributed by atoms with E-state index in [0.29, 0.717) is 12.5 Å². The highest BCUT2D eigenvalue weighted by Crippen LogP contribution is 2.27. The number of fused-ring (bicyclic) bond motifs is 1. The van der Waals surface area contributed by atoms with Gasteiger partial charge in [-0.15, -0.1) is 0 Å². The van der Waals surface area contributed by atoms with Gasteiger partial charge in [0, 0.05) is 35.7 Å². The van der Waals surface area contributed by atoms with Crippen molar-refractivity contribution >= 4 is 32.8 Å². The van der Waals surface area contributed by atoms with E-state index in [1.807, 2.05) is 24.4 Å². The van der Waals surface area contributed by atoms with Crippen LogP contribution in [-0.4, -0.2) is 34.0 Å². The zero-order valence-corrected chi connectivity index (χ0v) is 14.1. The van der Waals surface area contributed by atoms with Crippen LogP contribution in [0, 0.1) is 11.8 Å². The second-order valence-corrected chi connectivity index (χ2v) is 7.03. The van der Waals surface area contributed by atoms with E-state index in [1.165, 1.54) is 5.56 Å². The Morgan fingerprint density at radius 1 is 1.41 bits per heavy atom. The van der Waals surface area contributed by atoms with Crippen molar-refractivity contribution in [3.63, 3.8) is 0 Å². The van der Waals surface area contributed by atoms with Gasteiger partial charge in [0.25, 0.3) is 0 Å². The molecule has 1 saturated heterocycles. The minimum atomic E-state index is -0.682. The standard InChI is InChI=1S/C17H19BrN2O2/c1-11-7-13(17(21)22)10-20(8-11)9-12-5-6-19-16-14(12)3-2-4-15(16)18/h2-6,11,13H,7-10H2,1H3,(H,21,22). The van der Waals surface area contributed by atoms with Gasteiger partial charge in [-0.2, -0.15) is 0 Å². The van der Waals surface area contributed by atoms with E-state index in [4.69, 9.17) is 0 Å². The number of aromatic nitrogens is 1. The molecule has 0 bridgehead atoms. The number of halogens is 1. The fraction of sp³-hybridized carbons (Fsp3) is 0.412. The normalized spacial score (nSPS) is 22.8. The summed E-state index contributed by atoms with van der Waals surface area (Å²) in [6.45, 7) is 4.46. The number of benzene rings is 1. The van der Waals surface area contributed by atoms with Gasteiger partial charge in [0.2, 0.25) is 0 Å². The summed E-state index contributed by atoms with van der Waals surface area (Å²) in [6, 6.07) is 8.10. The molecule has 0 spiro atoms. The largest absolute Gasteiger partial charge is 0.481 e. The van der Waals surface area contributed by atoms with Crippen LogP contribution in [0.3, 0.4) is 0 Å². The van der Waals surface area contributed by atoms with Gasteiger partial charge in [-0.3, -0.25) is 14.7 Å². The number of pyridine rings is 1. The highest BCUT2D eigenvalue weighted by Gasteiger charge is 2.29. The lowest BCUT2D eigenvalue weighted by atomic mass is 9.90. The molecule has 1 fully saturated rings. The molecular weight excluding hydrogens is 344 g/mol. The summed E-state index contributed by atoms with van der Waals surface area (Å²) in [5.41, 5.74) is 2.16. The van der Waals surface area contributed by atoms with Crippen LogP contribution in [-0.2, 0) is 11.3 Å². The van der Waals surface area contributed by atoms with Gasteiger partial charge in [-0.25, -0.2) is 0 Å². The first-order valence-electron chi connectivity index (χ1n) is 7.52. The third kappa shape index (κ3) is 3.15. The maximum atomic E-state index is 11.3. The summed E-state index contributed by atoms with van der Waals surface area (Å²) < 4.78 is 0.988. The van der Waals surface area contributed by atoms with E-state index in [9.17, 15) is 9.90 Å². The Morgan fingerprint density at radius 2 is 2.23 bits per heavy atom. The van der Waals surface area contributed by atoms with Crippen molar-refractivity contribution in [1.29, 1.82) is 0 Å². The summed E-state index contributed by atoms with van der Waals surface area (Å²) in [6.07, 6.45) is 2.60. The molecule has 2 atom stereocenters. The smallest absolute Gasteiger partial charge is 0.307 e. The Morgan fingerprint density at radius 3 is 3.00 bits per heavy atom. The van der Waals surface area contributed by atoms with Crippen LogP contribution in [0.5, 0.6) is 0 Å². The second kappa shape index (κ2) is 6.34. The highest BCUT2D eigenvalue weighted by atomic mass is 79.9. The monoisotopic (exact) mass is 362 g/mol. The summed E-state index contributed by atoms with van der Waals surface area (Å²) in [5.74, 6) is -0.530. The van der Waals surface area contributed by atoms with Crippen molar-refractivity contribution in [3.05, 3.63) is 40.5 Å². The third-order valence-corrected chi connectivity index (χ3v) is 4.93. The van der Waals surface area contributed by atoms with Crippen molar-refractivity contribution in [2.24, 2.45) is 11.8 Å². The van der Waals surface area contributed by atoms with Gasteiger partial charge in [0.05, 0.1) is 11.4 Å². The molecule has 1 aliphatic heterocycles. The molecule has 0 saturated carbocycles. The minimum absolute atomic E-state index is 0.261. The van der Waals surface area contributed by atoms with Crippen LogP contribution >= 0.6 is 15.9 Å². The van der Waals surface area contributed by atoms with Crippen molar-refractivity contribution in [3.8, 4) is 0 Å². The first kappa shape index (κ1) is 15.4. The molecule has 3 rings (SSSR count). The Labute approximate surface area is 138 Å². The number of likely N-dealkylation sites (tertiary alicyclic amines) is 1. The predicted octanol–water partition coefficient (Wildman–Crippen LogP) is 3.54. The molecule has 2 heterocycles. The fourth-order valence-corrected chi connectivity index (χ4v) is 3.81. The van der Waals surface area contributed by atoms with E-state index < -0.39 is 5.97 Å². The Balaban J connectivity index is 1.87. The average Bonchev–Trinajstić information content (AvgIpc) is 2.48. The number of para-hydroxylation sites is 1. The van der Waals surface area contributed by atoms with Crippen LogP contribution < -0.4 is 0 Å². The second-order valence-electron chi connectivity index (χ2n) is 6.18. The van der Waals surface area contributed by atoms with Crippen molar-refractivity contribution in [2.75, 3.05) is 13.1 Å². The predicted molar refractivity (Wildman–Crippen MR) is 89.6 cm³/mol. The SMILES string of the molecule is CC1CC(C(=O)O)CN(Cc2ccnc3c(Br)cccc23)C1. The molecule has 2 aromatic rings. The van der Waals surface area contributed by atoms with E-state index in [-0.39, 0.29) is 5.92 Å². The first-order valence-corrected chi connectivity index (χ1v) is 8.31. The van der Waals surface area contributed by atoms with Crippen LogP contribution in [0.1, 0.15) is 18.9 Å². The van der Waals surface area contributed by atoms with E-state index >= 15 is 0 Å². The minimum Gasteiger partial charge on any atom is -0.481 e. The summed E-state index contributed by atoms with van der Waals surface area (Å²) in [7, 11) is 0. The van der Waals surface area contributed by atoms with E-state index in [1.54, 1.807) is 0 Å². The number of piperidine rings is 1. The fourth-order valence-electron chi connectivity index (χ4n) is 3.35. The maximum absolute atomic E-state index is 11.3. The zero-order valence-electron chi connectivity index (χ0n) is 12.5. The number of rotatable bonds is 3. The lowest BCUT2D eigenvalue weighted by Gasteiger charge is -2.34. The van der Waals surface area contributed by atoms with Gasteiger partial charge in [-0.1, -0.05) is 19.1 Å². The number of carboxylic acid groups (broad SMARTS) is 1. The van der Waals surface area contributed by atoms with Crippen LogP contribution in [0.2, 0.25) is 0 Å². The molecular formula is C17H19BrN2O2. The maximum Gasteiger partial charge on any atom is 0.307 e. The zero-order chi connectivity index (χ0) is 15.7. The highest BCUT2D eigenvalue weighted by molar-refractivity contribution is 9.10. The molecule has 0 amide bonds. The molecule has 22 heavy (non-hydrogen) atoms. The first-order chi connectivity index (χ1) is 10.5. The van der Waals surface area contributed by atoms with Crippen molar-refractivity contribution in [2.45, 2.75) is 19.9 Å². The number of nitrogens with zero attached hydrogens (tertiary/aromatic N) is 2. The molecule has 0 aliphatic carbocycles. The lowest BCUT2D eigenvalue weighted by Crippen LogP contribution is -2.41. The molecule has 4 nitrogen and oxygen atoms in total. The number of hydrogen-bond acceptors (Lipinski definition) is 3. The van der Waals surface area contributed by atoms with E-state index in [0.717, 1.165) is 34.9 Å². The summed E-state index contributed by atoms with van der Waals surface area (Å²) in [5, 5.41) is 10.4. The van der Waals surface area contributed by atoms with E-state index in [2.05, 4.69) is 38.8 Å². The topological polar surface area (TPSA) is 53.4 Å². The molecule has 1 N–H and O–H groups in total. The molecule has 1 aliphatic rings. The Kier molecular flexibility index (Phi) is 4.45. The van der Waals surface area contributed by atoms with Gasteiger partial charge in [-0.05, 0) is 46.0 Å². The number of carboxylic acids is 1. The summed E-state index contributed by atoms with van der Waals surface area (Å²) in [4.78, 5) is 18.0. The summed E-state index contributed by atoms with van der Waals surface area (Å²) >= 11 is 3.54. The molecule has 116 valence electrons. The van der Waals surface area contributed by atoms with Gasteiger partial charge < -0.3 is 5.11 Å². The molecule has 0 radical (unpaired) electrons. The van der Waals surface area contributed by atoms with Crippen LogP contribution in [0.15, 0.2) is 34.9 Å². The van der Waals surface area contributed by atoms with Gasteiger partial charge in [0.15, 0.2) is 0 Å². The van der Waals surface area contributed by atoms with Crippen molar-refractivity contribution < 1.29 is 9.90 Å². The number of aliphatic carboxylic acids is 1. The third-order valence-electron chi connectivity index (χ3n) is 4.29. The average molecular weight is 363 g/mol. The Bertz CT molecular complexity index is 704. The lowest BCUT2D eigenvalue weighted by molar-refractivity contribution is -0.144. The Hall–Kier alpha value is -1.46. The van der Waals surface area contributed by atoms with Gasteiger partial charge in [0.1, 0.15) is 0 Å². The number of hydrogen-bond donors (Lipinski definition) is 1. The molecule has 2 unspecified atom stereocenters. The van der Waals surface area contributed by atoms with Crippen LogP contribution in [0.25, 0.3) is 10.9 Å². The van der Waals surface area contributed by atoms with Crippen LogP contribution in [0.4, 0.5) is 0 Å². The van der Waals surface area contributed by atoms with Gasteiger partial charge >= 0.3 is 5.97 Å². The quantitative estimate of drug-likeness (QED) is 0.906. The molecule has 1 aromatic carbocycles. The molecule has 1 aromatic heterocycles. The number of carbonyl (C=O) groups is 1. The molecule has 5 heteroatoms. The van der Waals surface area contributed by atoms with Crippen molar-refractivity contribution in [1.82, 2.24) is 9.88 Å².